The zero-order chi connectivity index (χ0) is 7.68. The van der Waals surface area contributed by atoms with E-state index < -0.39 is 0 Å². The van der Waals surface area contributed by atoms with Crippen molar-refractivity contribution in [2.45, 2.75) is 12.5 Å². The van der Waals surface area contributed by atoms with Gasteiger partial charge >= 0.3 is 0 Å². The SMILES string of the molecule is Clc1nncn1C1CCSC1. The van der Waals surface area contributed by atoms with Crippen LogP contribution in [0.3, 0.4) is 0 Å². The van der Waals surface area contributed by atoms with E-state index in [9.17, 15) is 0 Å². The predicted molar refractivity (Wildman–Crippen MR) is 46.0 cm³/mol. The van der Waals surface area contributed by atoms with Gasteiger partial charge in [0.2, 0.25) is 5.28 Å². The number of hydrogen-bond donors (Lipinski definition) is 0. The van der Waals surface area contributed by atoms with Crippen LogP contribution in [0.2, 0.25) is 5.28 Å². The summed E-state index contributed by atoms with van der Waals surface area (Å²) in [7, 11) is 0. The molecule has 2 heterocycles. The van der Waals surface area contributed by atoms with Crippen LogP contribution < -0.4 is 0 Å². The summed E-state index contributed by atoms with van der Waals surface area (Å²) in [6, 6.07) is 0.516. The van der Waals surface area contributed by atoms with Crippen molar-refractivity contribution >= 4 is 23.4 Å². The minimum absolute atomic E-state index is 0.512. The fraction of sp³-hybridized carbons (Fsp3) is 0.667. The Morgan fingerprint density at radius 2 is 2.64 bits per heavy atom. The van der Waals surface area contributed by atoms with Gasteiger partial charge in [0.1, 0.15) is 6.33 Å². The van der Waals surface area contributed by atoms with Crippen molar-refractivity contribution in [3.05, 3.63) is 11.6 Å². The van der Waals surface area contributed by atoms with Gasteiger partial charge < -0.3 is 4.57 Å². The molecule has 3 nitrogen and oxygen atoms in total. The van der Waals surface area contributed by atoms with Gasteiger partial charge in [0.25, 0.3) is 0 Å². The Kier molecular flexibility index (Phi) is 2.05. The van der Waals surface area contributed by atoms with E-state index in [4.69, 9.17) is 11.6 Å². The van der Waals surface area contributed by atoms with Crippen LogP contribution in [0.25, 0.3) is 0 Å². The molecule has 2 rings (SSSR count). The molecule has 0 N–H and O–H groups in total. The molecule has 1 saturated heterocycles. The Bertz CT molecular complexity index is 244. The van der Waals surface area contributed by atoms with Crippen LogP contribution >= 0.6 is 23.4 Å². The van der Waals surface area contributed by atoms with Crippen LogP contribution in [0.4, 0.5) is 0 Å². The van der Waals surface area contributed by atoms with Gasteiger partial charge in [-0.1, -0.05) is 0 Å². The lowest BCUT2D eigenvalue weighted by Gasteiger charge is -2.08. The Morgan fingerprint density at radius 1 is 1.73 bits per heavy atom. The van der Waals surface area contributed by atoms with Crippen molar-refractivity contribution in [1.29, 1.82) is 0 Å². The van der Waals surface area contributed by atoms with E-state index in [0.717, 1.165) is 5.75 Å². The van der Waals surface area contributed by atoms with Crippen molar-refractivity contribution in [3.63, 3.8) is 0 Å². The number of hydrogen-bond acceptors (Lipinski definition) is 3. The third-order valence-electron chi connectivity index (χ3n) is 1.83. The predicted octanol–water partition coefficient (Wildman–Crippen LogP) is 1.61. The fourth-order valence-corrected chi connectivity index (χ4v) is 2.64. The molecule has 0 amide bonds. The highest BCUT2D eigenvalue weighted by atomic mass is 35.5. The molecular formula is C6H8ClN3S. The Hall–Kier alpha value is -0.220. The van der Waals surface area contributed by atoms with Crippen molar-refractivity contribution in [1.82, 2.24) is 14.8 Å². The quantitative estimate of drug-likeness (QED) is 0.673. The molecule has 0 bridgehead atoms. The van der Waals surface area contributed by atoms with Gasteiger partial charge in [0.15, 0.2) is 0 Å². The fourth-order valence-electron chi connectivity index (χ4n) is 1.21. The molecule has 0 spiro atoms. The van der Waals surface area contributed by atoms with Crippen molar-refractivity contribution in [3.8, 4) is 0 Å². The van der Waals surface area contributed by atoms with E-state index in [2.05, 4.69) is 10.2 Å². The molecule has 1 aromatic heterocycles. The summed E-state index contributed by atoms with van der Waals surface area (Å²) in [5.74, 6) is 2.36. The first-order valence-electron chi connectivity index (χ1n) is 3.50. The first-order chi connectivity index (χ1) is 5.38. The average molecular weight is 190 g/mol. The normalized spacial score (nSPS) is 24.3. The number of halogens is 1. The monoisotopic (exact) mass is 189 g/mol. The number of nitrogens with zero attached hydrogens (tertiary/aromatic N) is 3. The Morgan fingerprint density at radius 3 is 3.18 bits per heavy atom. The highest BCUT2D eigenvalue weighted by Crippen LogP contribution is 2.29. The molecule has 1 aliphatic heterocycles. The molecular weight excluding hydrogens is 182 g/mol. The molecule has 1 atom stereocenters. The summed E-state index contributed by atoms with van der Waals surface area (Å²) < 4.78 is 1.95. The van der Waals surface area contributed by atoms with E-state index in [-0.39, 0.29) is 0 Å². The van der Waals surface area contributed by atoms with Crippen molar-refractivity contribution < 1.29 is 0 Å². The number of aromatic nitrogens is 3. The molecule has 1 aliphatic rings. The molecule has 1 aromatic rings. The van der Waals surface area contributed by atoms with Gasteiger partial charge in [0, 0.05) is 11.8 Å². The lowest BCUT2D eigenvalue weighted by atomic mass is 10.3. The second kappa shape index (κ2) is 3.03. The summed E-state index contributed by atoms with van der Waals surface area (Å²) in [5.41, 5.74) is 0. The van der Waals surface area contributed by atoms with E-state index in [1.54, 1.807) is 6.33 Å². The Balaban J connectivity index is 2.21. The van der Waals surface area contributed by atoms with Crippen LogP contribution in [0.1, 0.15) is 12.5 Å². The largest absolute Gasteiger partial charge is 0.300 e. The van der Waals surface area contributed by atoms with Crippen LogP contribution in [-0.4, -0.2) is 26.3 Å². The molecule has 5 heteroatoms. The van der Waals surface area contributed by atoms with Gasteiger partial charge in [-0.25, -0.2) is 0 Å². The first kappa shape index (κ1) is 7.43. The van der Waals surface area contributed by atoms with E-state index in [1.165, 1.54) is 12.2 Å². The maximum Gasteiger partial charge on any atom is 0.225 e. The molecule has 1 unspecified atom stereocenters. The third kappa shape index (κ3) is 1.37. The zero-order valence-corrected chi connectivity index (χ0v) is 7.48. The maximum atomic E-state index is 5.80. The van der Waals surface area contributed by atoms with Crippen molar-refractivity contribution in [2.75, 3.05) is 11.5 Å². The highest BCUT2D eigenvalue weighted by molar-refractivity contribution is 7.99. The lowest BCUT2D eigenvalue weighted by Crippen LogP contribution is -2.06. The first-order valence-corrected chi connectivity index (χ1v) is 5.04. The van der Waals surface area contributed by atoms with Crippen molar-refractivity contribution in [2.24, 2.45) is 0 Å². The topological polar surface area (TPSA) is 30.7 Å². The molecule has 0 radical (unpaired) electrons. The highest BCUT2D eigenvalue weighted by Gasteiger charge is 2.19. The molecule has 11 heavy (non-hydrogen) atoms. The lowest BCUT2D eigenvalue weighted by molar-refractivity contribution is 0.559. The van der Waals surface area contributed by atoms with E-state index >= 15 is 0 Å². The minimum atomic E-state index is 0.512. The number of rotatable bonds is 1. The smallest absolute Gasteiger partial charge is 0.225 e. The molecule has 1 fully saturated rings. The molecule has 0 aromatic carbocycles. The van der Waals surface area contributed by atoms with Gasteiger partial charge in [-0.2, -0.15) is 11.8 Å². The van der Waals surface area contributed by atoms with Crippen LogP contribution in [0.5, 0.6) is 0 Å². The van der Waals surface area contributed by atoms with E-state index in [1.807, 2.05) is 16.3 Å². The second-order valence-corrected chi connectivity index (χ2v) is 4.01. The summed E-state index contributed by atoms with van der Waals surface area (Å²) in [6.07, 6.45) is 2.89. The van der Waals surface area contributed by atoms with Gasteiger partial charge in [-0.15, -0.1) is 10.2 Å². The summed E-state index contributed by atoms with van der Waals surface area (Å²) in [6.45, 7) is 0. The molecule has 0 saturated carbocycles. The third-order valence-corrected chi connectivity index (χ3v) is 3.24. The maximum absolute atomic E-state index is 5.80. The number of thioether (sulfide) groups is 1. The van der Waals surface area contributed by atoms with E-state index in [0.29, 0.717) is 11.3 Å². The zero-order valence-electron chi connectivity index (χ0n) is 5.90. The summed E-state index contributed by atoms with van der Waals surface area (Å²) >= 11 is 7.75. The van der Waals surface area contributed by atoms with Gasteiger partial charge in [0.05, 0.1) is 0 Å². The van der Waals surface area contributed by atoms with Crippen LogP contribution in [0, 0.1) is 0 Å². The van der Waals surface area contributed by atoms with Gasteiger partial charge in [-0.05, 0) is 23.8 Å². The summed E-state index contributed by atoms with van der Waals surface area (Å²) in [5, 5.41) is 7.98. The minimum Gasteiger partial charge on any atom is -0.300 e. The van der Waals surface area contributed by atoms with Gasteiger partial charge in [-0.3, -0.25) is 0 Å². The molecule has 60 valence electrons. The van der Waals surface area contributed by atoms with Crippen LogP contribution in [0.15, 0.2) is 6.33 Å². The summed E-state index contributed by atoms with van der Waals surface area (Å²) in [4.78, 5) is 0. The second-order valence-electron chi connectivity index (χ2n) is 2.52. The molecule has 0 aliphatic carbocycles. The Labute approximate surface area is 74.1 Å². The standard InChI is InChI=1S/C6H8ClN3S/c7-6-9-8-4-10(6)5-1-2-11-3-5/h4-5H,1-3H2. The van der Waals surface area contributed by atoms with Crippen LogP contribution in [-0.2, 0) is 0 Å². The average Bonchev–Trinajstić information content (AvgIpc) is 2.55.